The van der Waals surface area contributed by atoms with Gasteiger partial charge in [-0.15, -0.1) is 0 Å². The van der Waals surface area contributed by atoms with E-state index in [9.17, 15) is 0 Å². The summed E-state index contributed by atoms with van der Waals surface area (Å²) in [6.45, 7) is 1.99. The fraction of sp³-hybridized carbons (Fsp3) is 0.167. The van der Waals surface area contributed by atoms with Crippen molar-refractivity contribution in [3.8, 4) is 17.3 Å². The van der Waals surface area contributed by atoms with Crippen LogP contribution in [0.3, 0.4) is 0 Å². The summed E-state index contributed by atoms with van der Waals surface area (Å²) in [6, 6.07) is 9.37. The van der Waals surface area contributed by atoms with E-state index in [1.807, 2.05) is 19.1 Å². The van der Waals surface area contributed by atoms with Gasteiger partial charge in [-0.3, -0.25) is 0 Å². The molecule has 0 aliphatic carbocycles. The Balaban J connectivity index is 2.33. The highest BCUT2D eigenvalue weighted by Crippen LogP contribution is 2.19. The van der Waals surface area contributed by atoms with Gasteiger partial charge >= 0.3 is 0 Å². The van der Waals surface area contributed by atoms with Crippen LogP contribution in [0.2, 0.25) is 0 Å². The molecule has 15 heavy (non-hydrogen) atoms. The van der Waals surface area contributed by atoms with Gasteiger partial charge in [0.25, 0.3) is 0 Å². The predicted octanol–water partition coefficient (Wildman–Crippen LogP) is 2.78. The van der Waals surface area contributed by atoms with Crippen LogP contribution in [0.5, 0.6) is 0 Å². The molecule has 0 spiro atoms. The number of rotatable bonds is 2. The molecule has 0 saturated heterocycles. The van der Waals surface area contributed by atoms with Gasteiger partial charge in [-0.1, -0.05) is 19.1 Å². The summed E-state index contributed by atoms with van der Waals surface area (Å²) >= 11 is 0. The van der Waals surface area contributed by atoms with E-state index in [-0.39, 0.29) is 0 Å². The van der Waals surface area contributed by atoms with Gasteiger partial charge in [0.2, 0.25) is 0 Å². The van der Waals surface area contributed by atoms with Crippen molar-refractivity contribution in [1.29, 1.82) is 5.26 Å². The standard InChI is InChI=1S/C12H10N2O/c1-2-12-14-11(8-15-12)10-5-3-9(7-13)4-6-10/h3-6,8H,2H2,1H3. The van der Waals surface area contributed by atoms with Crippen LogP contribution in [0.1, 0.15) is 18.4 Å². The number of nitriles is 1. The first-order chi connectivity index (χ1) is 7.33. The zero-order valence-electron chi connectivity index (χ0n) is 8.40. The van der Waals surface area contributed by atoms with Crippen molar-refractivity contribution in [3.05, 3.63) is 42.0 Å². The molecule has 0 bridgehead atoms. The Bertz CT molecular complexity index is 491. The molecule has 0 aliphatic heterocycles. The average molecular weight is 198 g/mol. The van der Waals surface area contributed by atoms with Gasteiger partial charge in [0.05, 0.1) is 11.6 Å². The fourth-order valence-electron chi connectivity index (χ4n) is 1.32. The van der Waals surface area contributed by atoms with Crippen LogP contribution in [0.4, 0.5) is 0 Å². The molecule has 0 amide bonds. The van der Waals surface area contributed by atoms with E-state index >= 15 is 0 Å². The maximum Gasteiger partial charge on any atom is 0.194 e. The van der Waals surface area contributed by atoms with E-state index in [1.54, 1.807) is 18.4 Å². The maximum absolute atomic E-state index is 8.66. The second kappa shape index (κ2) is 3.97. The minimum Gasteiger partial charge on any atom is -0.448 e. The predicted molar refractivity (Wildman–Crippen MR) is 56.0 cm³/mol. The van der Waals surface area contributed by atoms with Crippen molar-refractivity contribution in [2.24, 2.45) is 0 Å². The summed E-state index contributed by atoms with van der Waals surface area (Å²) in [5.74, 6) is 0.731. The lowest BCUT2D eigenvalue weighted by Crippen LogP contribution is -1.81. The largest absolute Gasteiger partial charge is 0.448 e. The van der Waals surface area contributed by atoms with Crippen molar-refractivity contribution in [3.63, 3.8) is 0 Å². The van der Waals surface area contributed by atoms with Crippen molar-refractivity contribution in [1.82, 2.24) is 4.98 Å². The zero-order chi connectivity index (χ0) is 10.7. The Kier molecular flexibility index (Phi) is 2.51. The molecular weight excluding hydrogens is 188 g/mol. The summed E-state index contributed by atoms with van der Waals surface area (Å²) in [7, 11) is 0. The number of hydrogen-bond acceptors (Lipinski definition) is 3. The Morgan fingerprint density at radius 3 is 2.60 bits per heavy atom. The first-order valence-electron chi connectivity index (χ1n) is 4.78. The fourth-order valence-corrected chi connectivity index (χ4v) is 1.32. The van der Waals surface area contributed by atoms with Gasteiger partial charge in [-0.25, -0.2) is 4.98 Å². The molecule has 2 rings (SSSR count). The average Bonchev–Trinajstić information content (AvgIpc) is 2.78. The molecule has 1 heterocycles. The summed E-state index contributed by atoms with van der Waals surface area (Å²) in [6.07, 6.45) is 2.43. The van der Waals surface area contributed by atoms with Gasteiger partial charge < -0.3 is 4.42 Å². The molecule has 0 aliphatic rings. The third-order valence-electron chi connectivity index (χ3n) is 2.16. The highest BCUT2D eigenvalue weighted by Gasteiger charge is 2.04. The minimum atomic E-state index is 0.651. The second-order valence-electron chi connectivity index (χ2n) is 3.17. The molecule has 2 aromatic rings. The van der Waals surface area contributed by atoms with Crippen molar-refractivity contribution < 1.29 is 4.42 Å². The van der Waals surface area contributed by atoms with E-state index in [0.29, 0.717) is 5.56 Å². The third-order valence-corrected chi connectivity index (χ3v) is 2.16. The van der Waals surface area contributed by atoms with Gasteiger partial charge in [0.1, 0.15) is 12.0 Å². The van der Waals surface area contributed by atoms with E-state index in [4.69, 9.17) is 9.68 Å². The smallest absolute Gasteiger partial charge is 0.194 e. The lowest BCUT2D eigenvalue weighted by Gasteiger charge is -1.94. The molecule has 0 N–H and O–H groups in total. The van der Waals surface area contributed by atoms with Gasteiger partial charge in [-0.2, -0.15) is 5.26 Å². The molecule has 74 valence electrons. The Morgan fingerprint density at radius 2 is 2.07 bits per heavy atom. The van der Waals surface area contributed by atoms with Crippen LogP contribution in [0, 0.1) is 11.3 Å². The summed E-state index contributed by atoms with van der Waals surface area (Å²) in [5.41, 5.74) is 2.44. The van der Waals surface area contributed by atoms with Gasteiger partial charge in [0.15, 0.2) is 5.89 Å². The second-order valence-corrected chi connectivity index (χ2v) is 3.17. The molecule has 3 heteroatoms. The minimum absolute atomic E-state index is 0.651. The number of aryl methyl sites for hydroxylation is 1. The lowest BCUT2D eigenvalue weighted by molar-refractivity contribution is 0.502. The number of benzene rings is 1. The Morgan fingerprint density at radius 1 is 1.33 bits per heavy atom. The summed E-state index contributed by atoms with van der Waals surface area (Å²) in [5, 5.41) is 8.66. The molecule has 0 saturated carbocycles. The highest BCUT2D eigenvalue weighted by atomic mass is 16.3. The van der Waals surface area contributed by atoms with Gasteiger partial charge in [-0.05, 0) is 12.1 Å². The van der Waals surface area contributed by atoms with Crippen molar-refractivity contribution in [2.45, 2.75) is 13.3 Å². The molecule has 1 aromatic heterocycles. The van der Waals surface area contributed by atoms with Crippen LogP contribution in [0.15, 0.2) is 34.9 Å². The van der Waals surface area contributed by atoms with E-state index in [2.05, 4.69) is 11.1 Å². The first-order valence-corrected chi connectivity index (χ1v) is 4.78. The van der Waals surface area contributed by atoms with E-state index < -0.39 is 0 Å². The molecular formula is C12H10N2O. The first kappa shape index (κ1) is 9.47. The highest BCUT2D eigenvalue weighted by molar-refractivity contribution is 5.59. The van der Waals surface area contributed by atoms with Gasteiger partial charge in [0, 0.05) is 12.0 Å². The van der Waals surface area contributed by atoms with Crippen LogP contribution in [-0.4, -0.2) is 4.98 Å². The third kappa shape index (κ3) is 1.89. The molecule has 1 aromatic carbocycles. The SMILES string of the molecule is CCc1nc(-c2ccc(C#N)cc2)co1. The number of oxazole rings is 1. The molecule has 0 unspecified atom stereocenters. The molecule has 0 fully saturated rings. The van der Waals surface area contributed by atoms with Crippen LogP contribution < -0.4 is 0 Å². The van der Waals surface area contributed by atoms with Crippen molar-refractivity contribution >= 4 is 0 Å². The quantitative estimate of drug-likeness (QED) is 0.745. The Labute approximate surface area is 88.0 Å². The molecule has 0 atom stereocenters. The molecule has 3 nitrogen and oxygen atoms in total. The number of aromatic nitrogens is 1. The van der Waals surface area contributed by atoms with Crippen LogP contribution in [0.25, 0.3) is 11.3 Å². The zero-order valence-corrected chi connectivity index (χ0v) is 8.40. The monoisotopic (exact) mass is 198 g/mol. The van der Waals surface area contributed by atoms with E-state index in [0.717, 1.165) is 23.6 Å². The Hall–Kier alpha value is -2.08. The van der Waals surface area contributed by atoms with Crippen molar-refractivity contribution in [2.75, 3.05) is 0 Å². The number of hydrogen-bond donors (Lipinski definition) is 0. The van der Waals surface area contributed by atoms with Crippen LogP contribution >= 0.6 is 0 Å². The lowest BCUT2D eigenvalue weighted by atomic mass is 10.1. The maximum atomic E-state index is 8.66. The normalized spacial score (nSPS) is 9.87. The summed E-state index contributed by atoms with van der Waals surface area (Å²) in [4.78, 5) is 4.30. The topological polar surface area (TPSA) is 49.8 Å². The van der Waals surface area contributed by atoms with E-state index in [1.165, 1.54) is 0 Å². The summed E-state index contributed by atoms with van der Waals surface area (Å²) < 4.78 is 5.25. The van der Waals surface area contributed by atoms with Crippen LogP contribution in [-0.2, 0) is 6.42 Å². The molecule has 0 radical (unpaired) electrons. The number of nitrogens with zero attached hydrogens (tertiary/aromatic N) is 2.